The molecular weight excluding hydrogens is 381 g/mol. The van der Waals surface area contributed by atoms with Gasteiger partial charge in [0.25, 0.3) is 0 Å². The zero-order chi connectivity index (χ0) is 20.5. The summed E-state index contributed by atoms with van der Waals surface area (Å²) < 4.78 is 15.4. The molecule has 0 amide bonds. The number of rotatable bonds is 5. The summed E-state index contributed by atoms with van der Waals surface area (Å²) in [5.41, 5.74) is 3.54. The van der Waals surface area contributed by atoms with Crippen LogP contribution in [0.3, 0.4) is 0 Å². The van der Waals surface area contributed by atoms with Gasteiger partial charge in [-0.15, -0.1) is 10.2 Å². The van der Waals surface area contributed by atoms with Crippen LogP contribution in [0.2, 0.25) is 0 Å². The Morgan fingerprint density at radius 1 is 1.07 bits per heavy atom. The van der Waals surface area contributed by atoms with E-state index in [-0.39, 0.29) is 5.82 Å². The van der Waals surface area contributed by atoms with E-state index in [0.29, 0.717) is 11.8 Å². The van der Waals surface area contributed by atoms with E-state index in [1.807, 2.05) is 23.5 Å². The molecule has 0 aliphatic carbocycles. The van der Waals surface area contributed by atoms with Crippen molar-refractivity contribution in [2.45, 2.75) is 6.92 Å². The maximum atomic E-state index is 13.4. The fourth-order valence-corrected chi connectivity index (χ4v) is 3.91. The van der Waals surface area contributed by atoms with Gasteiger partial charge in [-0.1, -0.05) is 11.6 Å². The lowest BCUT2D eigenvalue weighted by Crippen LogP contribution is -2.45. The van der Waals surface area contributed by atoms with Gasteiger partial charge >= 0.3 is 0 Å². The maximum Gasteiger partial charge on any atom is 0.211 e. The third kappa shape index (κ3) is 3.59. The van der Waals surface area contributed by atoms with E-state index in [0.717, 1.165) is 66.9 Å². The highest BCUT2D eigenvalue weighted by atomic mass is 19.1. The average Bonchev–Trinajstić information content (AvgIpc) is 3.21. The van der Waals surface area contributed by atoms with Gasteiger partial charge in [-0.05, 0) is 43.3 Å². The minimum absolute atomic E-state index is 0.277. The number of nitrogens with zero attached hydrogens (tertiary/aromatic N) is 5. The van der Waals surface area contributed by atoms with Crippen LogP contribution in [0.25, 0.3) is 27.9 Å². The van der Waals surface area contributed by atoms with Crippen LogP contribution in [0.1, 0.15) is 5.56 Å². The Morgan fingerprint density at radius 3 is 2.67 bits per heavy atom. The first-order valence-corrected chi connectivity index (χ1v) is 10.3. The monoisotopic (exact) mass is 405 g/mol. The van der Waals surface area contributed by atoms with E-state index in [4.69, 9.17) is 4.98 Å². The molecule has 2 aromatic heterocycles. The smallest absolute Gasteiger partial charge is 0.211 e. The first-order valence-electron chi connectivity index (χ1n) is 10.3. The molecule has 5 rings (SSSR count). The zero-order valence-electron chi connectivity index (χ0n) is 16.9. The number of fused-ring (bicyclic) bond motifs is 3. The van der Waals surface area contributed by atoms with Gasteiger partial charge in [0.1, 0.15) is 5.82 Å². The molecule has 7 nitrogen and oxygen atoms in total. The normalized spacial score (nSPS) is 15.1. The molecule has 0 unspecified atom stereocenters. The second-order valence-electron chi connectivity index (χ2n) is 7.66. The maximum absolute atomic E-state index is 13.4. The van der Waals surface area contributed by atoms with Gasteiger partial charge < -0.3 is 10.6 Å². The molecule has 3 heterocycles. The highest BCUT2D eigenvalue weighted by Crippen LogP contribution is 2.27. The van der Waals surface area contributed by atoms with E-state index < -0.39 is 0 Å². The van der Waals surface area contributed by atoms with Crippen LogP contribution in [0.15, 0.2) is 42.5 Å². The first kappa shape index (κ1) is 18.9. The van der Waals surface area contributed by atoms with Crippen molar-refractivity contribution in [1.29, 1.82) is 0 Å². The topological polar surface area (TPSA) is 70.4 Å². The average molecular weight is 405 g/mol. The van der Waals surface area contributed by atoms with Crippen molar-refractivity contribution < 1.29 is 4.39 Å². The van der Waals surface area contributed by atoms with Gasteiger partial charge in [0, 0.05) is 50.2 Å². The van der Waals surface area contributed by atoms with Crippen molar-refractivity contribution in [2.75, 3.05) is 44.6 Å². The molecule has 0 spiro atoms. The van der Waals surface area contributed by atoms with Gasteiger partial charge in [-0.3, -0.25) is 4.90 Å². The highest BCUT2D eigenvalue weighted by molar-refractivity contribution is 5.93. The molecule has 1 aliphatic rings. The van der Waals surface area contributed by atoms with E-state index in [1.165, 1.54) is 12.1 Å². The molecule has 2 N–H and O–H groups in total. The third-order valence-electron chi connectivity index (χ3n) is 5.52. The van der Waals surface area contributed by atoms with Crippen LogP contribution in [-0.2, 0) is 0 Å². The van der Waals surface area contributed by atoms with Crippen molar-refractivity contribution in [3.63, 3.8) is 0 Å². The van der Waals surface area contributed by atoms with Crippen molar-refractivity contribution >= 4 is 22.5 Å². The number of hydrogen-bond acceptors (Lipinski definition) is 6. The Balaban J connectivity index is 1.56. The van der Waals surface area contributed by atoms with Crippen LogP contribution >= 0.6 is 0 Å². The number of anilines is 1. The summed E-state index contributed by atoms with van der Waals surface area (Å²) in [6, 6.07) is 12.4. The Labute approximate surface area is 173 Å². The molecule has 8 heteroatoms. The van der Waals surface area contributed by atoms with E-state index in [1.54, 1.807) is 12.1 Å². The molecule has 4 aromatic rings. The van der Waals surface area contributed by atoms with Crippen molar-refractivity contribution in [2.24, 2.45) is 0 Å². The van der Waals surface area contributed by atoms with Crippen molar-refractivity contribution in [3.05, 3.63) is 53.8 Å². The molecule has 1 aliphatic heterocycles. The van der Waals surface area contributed by atoms with Crippen LogP contribution in [0.5, 0.6) is 0 Å². The SMILES string of the molecule is Cc1ccc2nc(NCCN3CCNCC3)n3c(-c4ccc(F)cc4)nnc3c2c1. The second kappa shape index (κ2) is 7.97. The molecule has 0 atom stereocenters. The van der Waals surface area contributed by atoms with E-state index in [9.17, 15) is 4.39 Å². The van der Waals surface area contributed by atoms with Gasteiger partial charge in [0.15, 0.2) is 11.5 Å². The quantitative estimate of drug-likeness (QED) is 0.532. The van der Waals surface area contributed by atoms with Crippen LogP contribution in [0, 0.1) is 12.7 Å². The molecule has 0 saturated carbocycles. The van der Waals surface area contributed by atoms with E-state index >= 15 is 0 Å². The molecule has 30 heavy (non-hydrogen) atoms. The Morgan fingerprint density at radius 2 is 1.87 bits per heavy atom. The van der Waals surface area contributed by atoms with E-state index in [2.05, 4.69) is 31.8 Å². The zero-order valence-corrected chi connectivity index (χ0v) is 16.9. The lowest BCUT2D eigenvalue weighted by atomic mass is 10.1. The number of piperazine rings is 1. The van der Waals surface area contributed by atoms with Crippen LogP contribution < -0.4 is 10.6 Å². The van der Waals surface area contributed by atoms with Gasteiger partial charge in [0.2, 0.25) is 5.95 Å². The largest absolute Gasteiger partial charge is 0.354 e. The fourth-order valence-electron chi connectivity index (χ4n) is 3.91. The molecule has 1 saturated heterocycles. The molecule has 2 aromatic carbocycles. The molecule has 0 bridgehead atoms. The molecular formula is C22H24FN7. The Kier molecular flexibility index (Phi) is 5.02. The van der Waals surface area contributed by atoms with Crippen LogP contribution in [0.4, 0.5) is 10.3 Å². The summed E-state index contributed by atoms with van der Waals surface area (Å²) >= 11 is 0. The van der Waals surface area contributed by atoms with Gasteiger partial charge in [-0.2, -0.15) is 0 Å². The highest BCUT2D eigenvalue weighted by Gasteiger charge is 2.17. The fraction of sp³-hybridized carbons (Fsp3) is 0.318. The summed E-state index contributed by atoms with van der Waals surface area (Å²) in [4.78, 5) is 7.30. The lowest BCUT2D eigenvalue weighted by molar-refractivity contribution is 0.249. The summed E-state index contributed by atoms with van der Waals surface area (Å²) in [5.74, 6) is 1.06. The summed E-state index contributed by atoms with van der Waals surface area (Å²) in [6.45, 7) is 7.90. The molecule has 0 radical (unpaired) electrons. The molecule has 1 fully saturated rings. The lowest BCUT2D eigenvalue weighted by Gasteiger charge is -2.27. The number of nitrogens with one attached hydrogen (secondary N) is 2. The summed E-state index contributed by atoms with van der Waals surface area (Å²) in [6.07, 6.45) is 0. The second-order valence-corrected chi connectivity index (χ2v) is 7.66. The minimum Gasteiger partial charge on any atom is -0.354 e. The standard InChI is InChI=1S/C22H24FN7/c1-15-2-7-19-18(14-15)21-28-27-20(16-3-5-17(23)6-4-16)30(21)22(26-19)25-10-13-29-11-8-24-9-12-29/h2-7,14,24H,8-13H2,1H3,(H,25,26). The number of aromatic nitrogens is 4. The molecule has 154 valence electrons. The van der Waals surface area contributed by atoms with Gasteiger partial charge in [-0.25, -0.2) is 13.8 Å². The number of hydrogen-bond donors (Lipinski definition) is 2. The predicted molar refractivity (Wildman–Crippen MR) is 116 cm³/mol. The van der Waals surface area contributed by atoms with Crippen molar-refractivity contribution in [3.8, 4) is 11.4 Å². The van der Waals surface area contributed by atoms with Gasteiger partial charge in [0.05, 0.1) is 5.52 Å². The van der Waals surface area contributed by atoms with Crippen LogP contribution in [-0.4, -0.2) is 63.8 Å². The Bertz CT molecular complexity index is 1180. The third-order valence-corrected chi connectivity index (χ3v) is 5.52. The summed E-state index contributed by atoms with van der Waals surface area (Å²) in [5, 5.41) is 16.7. The Hall–Kier alpha value is -3.10. The number of benzene rings is 2. The number of aryl methyl sites for hydroxylation is 1. The minimum atomic E-state index is -0.277. The number of halogens is 1. The first-order chi connectivity index (χ1) is 14.7. The summed E-state index contributed by atoms with van der Waals surface area (Å²) in [7, 11) is 0. The van der Waals surface area contributed by atoms with Crippen molar-refractivity contribution in [1.82, 2.24) is 29.8 Å². The predicted octanol–water partition coefficient (Wildman–Crippen LogP) is 2.71.